The molecular formula is C14H19NO3. The van der Waals surface area contributed by atoms with E-state index < -0.39 is 11.8 Å². The molecule has 1 aliphatic rings. The van der Waals surface area contributed by atoms with Crippen LogP contribution in [0.1, 0.15) is 41.6 Å². The van der Waals surface area contributed by atoms with Gasteiger partial charge in [0.05, 0.1) is 0 Å². The van der Waals surface area contributed by atoms with Crippen LogP contribution in [0.15, 0.2) is 24.3 Å². The molecule has 2 rings (SSSR count). The number of rotatable bonds is 4. The molecule has 1 fully saturated rings. The first kappa shape index (κ1) is 13.2. The van der Waals surface area contributed by atoms with E-state index in [0.29, 0.717) is 11.1 Å². The van der Waals surface area contributed by atoms with Gasteiger partial charge in [0.2, 0.25) is 0 Å². The summed E-state index contributed by atoms with van der Waals surface area (Å²) in [6.07, 6.45) is 3.69. The van der Waals surface area contributed by atoms with Crippen LogP contribution in [0.4, 0.5) is 0 Å². The zero-order valence-electron chi connectivity index (χ0n) is 10.2. The van der Waals surface area contributed by atoms with Gasteiger partial charge in [-0.1, -0.05) is 37.1 Å². The molecule has 0 saturated heterocycles. The highest BCUT2D eigenvalue weighted by atomic mass is 16.4. The van der Waals surface area contributed by atoms with Gasteiger partial charge in [0, 0.05) is 11.1 Å². The van der Waals surface area contributed by atoms with Crippen molar-refractivity contribution in [1.82, 2.24) is 0 Å². The van der Waals surface area contributed by atoms with E-state index in [4.69, 9.17) is 5.73 Å². The van der Waals surface area contributed by atoms with Crippen LogP contribution in [0, 0.1) is 5.92 Å². The maximum absolute atomic E-state index is 10.6. The Hall–Kier alpha value is -1.23. The van der Waals surface area contributed by atoms with Crippen molar-refractivity contribution in [1.29, 1.82) is 0 Å². The maximum Gasteiger partial charge on any atom is 0.166 e. The van der Waals surface area contributed by atoms with Gasteiger partial charge in [-0.15, -0.1) is 0 Å². The van der Waals surface area contributed by atoms with E-state index in [0.717, 1.165) is 32.0 Å². The predicted molar refractivity (Wildman–Crippen MR) is 67.9 cm³/mol. The largest absolute Gasteiger partial charge is 0.388 e. The Bertz CT molecular complexity index is 408. The molecule has 1 aliphatic carbocycles. The van der Waals surface area contributed by atoms with Crippen LogP contribution in [0.2, 0.25) is 0 Å². The molecule has 1 aromatic carbocycles. The highest BCUT2D eigenvalue weighted by Gasteiger charge is 2.39. The minimum absolute atomic E-state index is 0.0470. The summed E-state index contributed by atoms with van der Waals surface area (Å²) in [5.41, 5.74) is 5.07. The molecule has 0 heterocycles. The van der Waals surface area contributed by atoms with Crippen molar-refractivity contribution in [3.8, 4) is 0 Å². The molecule has 1 saturated carbocycles. The van der Waals surface area contributed by atoms with Gasteiger partial charge in [-0.25, -0.2) is 0 Å². The predicted octanol–water partition coefficient (Wildman–Crippen LogP) is 1.15. The fourth-order valence-corrected chi connectivity index (χ4v) is 2.63. The monoisotopic (exact) mass is 249 g/mol. The quantitative estimate of drug-likeness (QED) is 0.552. The third-order valence-electron chi connectivity index (χ3n) is 3.81. The van der Waals surface area contributed by atoms with Crippen molar-refractivity contribution in [2.75, 3.05) is 0 Å². The molecule has 4 N–H and O–H groups in total. The Labute approximate surface area is 106 Å². The number of nitrogens with two attached hydrogens (primary N) is 1. The standard InChI is InChI=1S/C14H19NO3/c15-14(18,13(17)11-3-1-2-4-11)12-7-5-10(9-16)6-8-12/h5-9,11,13,17-18H,1-4,15H2/t13-,14-/m0/s1. The summed E-state index contributed by atoms with van der Waals surface area (Å²) < 4.78 is 0. The highest BCUT2D eigenvalue weighted by molar-refractivity contribution is 5.74. The van der Waals surface area contributed by atoms with Crippen LogP contribution >= 0.6 is 0 Å². The molecule has 0 unspecified atom stereocenters. The first-order valence-corrected chi connectivity index (χ1v) is 6.30. The Morgan fingerprint density at radius 1 is 1.28 bits per heavy atom. The second-order valence-corrected chi connectivity index (χ2v) is 5.05. The van der Waals surface area contributed by atoms with Crippen molar-refractivity contribution >= 4 is 6.29 Å². The molecule has 0 bridgehead atoms. The first-order chi connectivity index (χ1) is 8.55. The van der Waals surface area contributed by atoms with Gasteiger partial charge in [-0.2, -0.15) is 0 Å². The summed E-state index contributed by atoms with van der Waals surface area (Å²) in [5, 5.41) is 20.5. The Balaban J connectivity index is 2.19. The van der Waals surface area contributed by atoms with E-state index in [1.807, 2.05) is 0 Å². The zero-order valence-corrected chi connectivity index (χ0v) is 10.2. The molecule has 0 aromatic heterocycles. The highest BCUT2D eigenvalue weighted by Crippen LogP contribution is 2.34. The number of benzene rings is 1. The topological polar surface area (TPSA) is 83.5 Å². The lowest BCUT2D eigenvalue weighted by Gasteiger charge is -2.33. The Morgan fingerprint density at radius 3 is 2.33 bits per heavy atom. The number of hydrogen-bond donors (Lipinski definition) is 3. The molecule has 0 amide bonds. The first-order valence-electron chi connectivity index (χ1n) is 6.30. The number of carbonyl (C=O) groups is 1. The van der Waals surface area contributed by atoms with E-state index >= 15 is 0 Å². The molecular weight excluding hydrogens is 230 g/mol. The number of aliphatic hydroxyl groups excluding tert-OH is 1. The zero-order chi connectivity index (χ0) is 13.2. The van der Waals surface area contributed by atoms with Gasteiger partial charge in [0.15, 0.2) is 5.72 Å². The molecule has 1 aromatic rings. The average Bonchev–Trinajstić information content (AvgIpc) is 2.91. The van der Waals surface area contributed by atoms with Crippen molar-refractivity contribution in [3.05, 3.63) is 35.4 Å². The van der Waals surface area contributed by atoms with Crippen LogP contribution in [-0.2, 0) is 5.72 Å². The molecule has 0 aliphatic heterocycles. The average molecular weight is 249 g/mol. The number of carbonyl (C=O) groups excluding carboxylic acids is 1. The number of aliphatic hydroxyl groups is 2. The minimum atomic E-state index is -1.75. The van der Waals surface area contributed by atoms with Crippen molar-refractivity contribution in [3.63, 3.8) is 0 Å². The lowest BCUT2D eigenvalue weighted by Crippen LogP contribution is -2.50. The smallest absolute Gasteiger partial charge is 0.166 e. The SMILES string of the molecule is N[C@](O)(c1ccc(C=O)cc1)[C@@H](O)C1CCCC1. The van der Waals surface area contributed by atoms with E-state index in [-0.39, 0.29) is 5.92 Å². The lowest BCUT2D eigenvalue weighted by molar-refractivity contribution is -0.102. The van der Waals surface area contributed by atoms with Crippen molar-refractivity contribution in [2.45, 2.75) is 37.5 Å². The van der Waals surface area contributed by atoms with Gasteiger partial charge < -0.3 is 10.2 Å². The van der Waals surface area contributed by atoms with Gasteiger partial charge in [0.1, 0.15) is 12.4 Å². The molecule has 98 valence electrons. The number of hydrogen-bond acceptors (Lipinski definition) is 4. The third-order valence-corrected chi connectivity index (χ3v) is 3.81. The summed E-state index contributed by atoms with van der Waals surface area (Å²) in [5.74, 6) is 0.0470. The van der Waals surface area contributed by atoms with Gasteiger partial charge in [-0.05, 0) is 18.8 Å². The Morgan fingerprint density at radius 2 is 1.83 bits per heavy atom. The molecule has 18 heavy (non-hydrogen) atoms. The fraction of sp³-hybridized carbons (Fsp3) is 0.500. The normalized spacial score (nSPS) is 21.5. The van der Waals surface area contributed by atoms with Gasteiger partial charge in [0.25, 0.3) is 0 Å². The summed E-state index contributed by atoms with van der Waals surface area (Å²) in [7, 11) is 0. The fourth-order valence-electron chi connectivity index (χ4n) is 2.63. The number of aldehydes is 1. The van der Waals surface area contributed by atoms with Crippen molar-refractivity contribution in [2.24, 2.45) is 11.7 Å². The second-order valence-electron chi connectivity index (χ2n) is 5.05. The van der Waals surface area contributed by atoms with Gasteiger partial charge >= 0.3 is 0 Å². The van der Waals surface area contributed by atoms with Crippen LogP contribution in [0.5, 0.6) is 0 Å². The third kappa shape index (κ3) is 2.46. The minimum Gasteiger partial charge on any atom is -0.388 e. The van der Waals surface area contributed by atoms with Crippen molar-refractivity contribution < 1.29 is 15.0 Å². The summed E-state index contributed by atoms with van der Waals surface area (Å²) in [6, 6.07) is 6.34. The summed E-state index contributed by atoms with van der Waals surface area (Å²) in [4.78, 5) is 10.6. The molecule has 2 atom stereocenters. The van der Waals surface area contributed by atoms with Crippen LogP contribution in [0.25, 0.3) is 0 Å². The van der Waals surface area contributed by atoms with Crippen LogP contribution < -0.4 is 5.73 Å². The van der Waals surface area contributed by atoms with E-state index in [1.54, 1.807) is 24.3 Å². The molecule has 0 radical (unpaired) electrons. The van der Waals surface area contributed by atoms with E-state index in [1.165, 1.54) is 0 Å². The Kier molecular flexibility index (Phi) is 3.80. The molecule has 4 heteroatoms. The lowest BCUT2D eigenvalue weighted by atomic mass is 9.87. The summed E-state index contributed by atoms with van der Waals surface area (Å²) >= 11 is 0. The summed E-state index contributed by atoms with van der Waals surface area (Å²) in [6.45, 7) is 0. The van der Waals surface area contributed by atoms with E-state index in [9.17, 15) is 15.0 Å². The van der Waals surface area contributed by atoms with Crippen LogP contribution in [-0.4, -0.2) is 22.6 Å². The maximum atomic E-state index is 10.6. The molecule has 0 spiro atoms. The van der Waals surface area contributed by atoms with Crippen LogP contribution in [0.3, 0.4) is 0 Å². The van der Waals surface area contributed by atoms with Gasteiger partial charge in [-0.3, -0.25) is 10.5 Å². The van der Waals surface area contributed by atoms with E-state index in [2.05, 4.69) is 0 Å². The second kappa shape index (κ2) is 5.18. The molecule has 4 nitrogen and oxygen atoms in total.